The highest BCUT2D eigenvalue weighted by Gasteiger charge is 2.37. The summed E-state index contributed by atoms with van der Waals surface area (Å²) in [6, 6.07) is 22.4. The van der Waals surface area contributed by atoms with Gasteiger partial charge in [-0.1, -0.05) is 68.4 Å². The van der Waals surface area contributed by atoms with Crippen LogP contribution in [0.3, 0.4) is 0 Å². The molecular weight excluding hydrogens is 316 g/mol. The van der Waals surface area contributed by atoms with Gasteiger partial charge in [0.2, 0.25) is 0 Å². The van der Waals surface area contributed by atoms with Crippen molar-refractivity contribution in [2.45, 2.75) is 58.5 Å². The quantitative estimate of drug-likeness (QED) is 0.702. The van der Waals surface area contributed by atoms with E-state index in [0.29, 0.717) is 18.4 Å². The van der Waals surface area contributed by atoms with E-state index in [2.05, 4.69) is 79.8 Å². The Hall–Kier alpha value is -2.11. The second-order valence-electron chi connectivity index (χ2n) is 8.07. The van der Waals surface area contributed by atoms with Gasteiger partial charge >= 0.3 is 0 Å². The van der Waals surface area contributed by atoms with Crippen molar-refractivity contribution in [1.82, 2.24) is 5.32 Å². The summed E-state index contributed by atoms with van der Waals surface area (Å²) in [7, 11) is 0. The Bertz CT molecular complexity index is 717. The first-order valence-electron chi connectivity index (χ1n) is 9.88. The van der Waals surface area contributed by atoms with Gasteiger partial charge in [-0.3, -0.25) is 0 Å². The van der Waals surface area contributed by atoms with Crippen LogP contribution in [-0.4, -0.2) is 6.04 Å². The predicted octanol–water partition coefficient (Wildman–Crippen LogP) is 5.94. The van der Waals surface area contributed by atoms with Crippen LogP contribution in [0.2, 0.25) is 0 Å². The summed E-state index contributed by atoms with van der Waals surface area (Å²) in [4.78, 5) is 0. The summed E-state index contributed by atoms with van der Waals surface area (Å²) in [5, 5.41) is 12.9. The summed E-state index contributed by atoms with van der Waals surface area (Å²) in [5.41, 5.74) is 4.11. The van der Waals surface area contributed by atoms with Crippen LogP contribution in [0.15, 0.2) is 54.6 Å². The highest BCUT2D eigenvalue weighted by atomic mass is 14.9. The SMILES string of the molecule is CC(C)C1(CC#N)CCC(NCc2ccc(-c3ccccc3)cc2)CC1. The molecule has 0 radical (unpaired) electrons. The van der Waals surface area contributed by atoms with E-state index < -0.39 is 0 Å². The summed E-state index contributed by atoms with van der Waals surface area (Å²) >= 11 is 0. The Kier molecular flexibility index (Phi) is 6.12. The highest BCUT2D eigenvalue weighted by molar-refractivity contribution is 5.63. The fourth-order valence-corrected chi connectivity index (χ4v) is 4.22. The monoisotopic (exact) mass is 346 g/mol. The molecular formula is C24H30N2. The van der Waals surface area contributed by atoms with Gasteiger partial charge in [0.05, 0.1) is 6.07 Å². The Morgan fingerprint density at radius 1 is 1.00 bits per heavy atom. The fraction of sp³-hybridized carbons (Fsp3) is 0.458. The molecule has 2 nitrogen and oxygen atoms in total. The molecule has 26 heavy (non-hydrogen) atoms. The molecule has 2 aromatic rings. The van der Waals surface area contributed by atoms with Crippen LogP contribution in [-0.2, 0) is 6.54 Å². The Morgan fingerprint density at radius 2 is 1.62 bits per heavy atom. The van der Waals surface area contributed by atoms with Crippen LogP contribution in [0.4, 0.5) is 0 Å². The summed E-state index contributed by atoms with van der Waals surface area (Å²) in [6.07, 6.45) is 5.41. The van der Waals surface area contributed by atoms with E-state index >= 15 is 0 Å². The molecule has 1 fully saturated rings. The van der Waals surface area contributed by atoms with Gasteiger partial charge in [0.15, 0.2) is 0 Å². The normalized spacial score (nSPS) is 22.9. The number of rotatable bonds is 6. The van der Waals surface area contributed by atoms with Crippen molar-refractivity contribution in [1.29, 1.82) is 5.26 Å². The zero-order valence-corrected chi connectivity index (χ0v) is 16.0. The molecule has 0 aromatic heterocycles. The van der Waals surface area contributed by atoms with Gasteiger partial charge in [-0.15, -0.1) is 0 Å². The molecule has 0 amide bonds. The molecule has 0 unspecified atom stereocenters. The van der Waals surface area contributed by atoms with Crippen LogP contribution >= 0.6 is 0 Å². The van der Waals surface area contributed by atoms with Crippen LogP contribution < -0.4 is 5.32 Å². The summed E-state index contributed by atoms with van der Waals surface area (Å²) in [5.74, 6) is 0.591. The first kappa shape index (κ1) is 18.7. The molecule has 0 heterocycles. The maximum absolute atomic E-state index is 9.19. The summed E-state index contributed by atoms with van der Waals surface area (Å²) < 4.78 is 0. The van der Waals surface area contributed by atoms with Gasteiger partial charge in [0.25, 0.3) is 0 Å². The predicted molar refractivity (Wildman–Crippen MR) is 108 cm³/mol. The Morgan fingerprint density at radius 3 is 2.19 bits per heavy atom. The fourth-order valence-electron chi connectivity index (χ4n) is 4.22. The highest BCUT2D eigenvalue weighted by Crippen LogP contribution is 2.45. The van der Waals surface area contributed by atoms with Crippen molar-refractivity contribution in [2.75, 3.05) is 0 Å². The van der Waals surface area contributed by atoms with Crippen LogP contribution in [0, 0.1) is 22.7 Å². The lowest BCUT2D eigenvalue weighted by Crippen LogP contribution is -2.39. The molecule has 1 aliphatic rings. The standard InChI is InChI=1S/C24H30N2/c1-19(2)24(16-17-25)14-12-23(13-15-24)26-18-20-8-10-22(11-9-20)21-6-4-3-5-7-21/h3-11,19,23,26H,12-16,18H2,1-2H3. The molecule has 2 heteroatoms. The maximum atomic E-state index is 9.19. The van der Waals surface area contributed by atoms with E-state index in [-0.39, 0.29) is 5.41 Å². The molecule has 136 valence electrons. The van der Waals surface area contributed by atoms with Gasteiger partial charge in [0, 0.05) is 19.0 Å². The van der Waals surface area contributed by atoms with Crippen molar-refractivity contribution in [3.8, 4) is 17.2 Å². The van der Waals surface area contributed by atoms with E-state index in [0.717, 1.165) is 6.54 Å². The Balaban J connectivity index is 1.52. The van der Waals surface area contributed by atoms with E-state index in [9.17, 15) is 5.26 Å². The number of nitrogens with zero attached hydrogens (tertiary/aromatic N) is 1. The second-order valence-corrected chi connectivity index (χ2v) is 8.07. The van der Waals surface area contributed by atoms with E-state index in [4.69, 9.17) is 0 Å². The lowest BCUT2D eigenvalue weighted by atomic mass is 9.64. The van der Waals surface area contributed by atoms with Gasteiger partial charge in [-0.05, 0) is 53.7 Å². The zero-order chi connectivity index (χ0) is 18.4. The molecule has 0 aliphatic heterocycles. The smallest absolute Gasteiger partial charge is 0.0627 e. The first-order chi connectivity index (χ1) is 12.6. The van der Waals surface area contributed by atoms with Crippen molar-refractivity contribution >= 4 is 0 Å². The van der Waals surface area contributed by atoms with Crippen molar-refractivity contribution < 1.29 is 0 Å². The lowest BCUT2D eigenvalue weighted by Gasteiger charge is -2.42. The first-order valence-corrected chi connectivity index (χ1v) is 9.88. The van der Waals surface area contributed by atoms with Crippen molar-refractivity contribution in [2.24, 2.45) is 11.3 Å². The molecule has 1 N–H and O–H groups in total. The van der Waals surface area contributed by atoms with Crippen molar-refractivity contribution in [3.05, 3.63) is 60.2 Å². The third-order valence-electron chi connectivity index (χ3n) is 6.29. The molecule has 1 aliphatic carbocycles. The van der Waals surface area contributed by atoms with Crippen LogP contribution in [0.1, 0.15) is 51.5 Å². The third kappa shape index (κ3) is 4.34. The molecule has 3 rings (SSSR count). The van der Waals surface area contributed by atoms with Crippen LogP contribution in [0.25, 0.3) is 11.1 Å². The number of hydrogen-bond donors (Lipinski definition) is 1. The number of benzene rings is 2. The van der Waals surface area contributed by atoms with E-state index in [1.165, 1.54) is 42.4 Å². The van der Waals surface area contributed by atoms with Gasteiger partial charge < -0.3 is 5.32 Å². The van der Waals surface area contributed by atoms with Gasteiger partial charge in [-0.25, -0.2) is 0 Å². The van der Waals surface area contributed by atoms with E-state index in [1.807, 2.05) is 0 Å². The maximum Gasteiger partial charge on any atom is 0.0627 e. The molecule has 0 spiro atoms. The largest absolute Gasteiger partial charge is 0.310 e. The van der Waals surface area contributed by atoms with E-state index in [1.54, 1.807) is 0 Å². The number of hydrogen-bond acceptors (Lipinski definition) is 2. The second kappa shape index (κ2) is 8.52. The van der Waals surface area contributed by atoms with Crippen molar-refractivity contribution in [3.63, 3.8) is 0 Å². The minimum absolute atomic E-state index is 0.240. The molecule has 0 bridgehead atoms. The summed E-state index contributed by atoms with van der Waals surface area (Å²) in [6.45, 7) is 5.48. The van der Waals surface area contributed by atoms with Gasteiger partial charge in [-0.2, -0.15) is 5.26 Å². The topological polar surface area (TPSA) is 35.8 Å². The molecule has 0 atom stereocenters. The molecule has 1 saturated carbocycles. The minimum atomic E-state index is 0.240. The Labute approximate surface area is 158 Å². The van der Waals surface area contributed by atoms with Gasteiger partial charge in [0.1, 0.15) is 0 Å². The molecule has 2 aromatic carbocycles. The third-order valence-corrected chi connectivity index (χ3v) is 6.29. The van der Waals surface area contributed by atoms with Crippen LogP contribution in [0.5, 0.6) is 0 Å². The number of nitriles is 1. The average Bonchev–Trinajstić information content (AvgIpc) is 2.69. The zero-order valence-electron chi connectivity index (χ0n) is 16.0. The average molecular weight is 347 g/mol. The lowest BCUT2D eigenvalue weighted by molar-refractivity contribution is 0.105. The molecule has 0 saturated heterocycles. The number of nitrogens with one attached hydrogen (secondary N) is 1. The minimum Gasteiger partial charge on any atom is -0.310 e.